The van der Waals surface area contributed by atoms with Crippen LogP contribution in [0.5, 0.6) is 0 Å². The number of anilines is 1. The summed E-state index contributed by atoms with van der Waals surface area (Å²) in [5.41, 5.74) is 0.665. The van der Waals surface area contributed by atoms with E-state index in [1.165, 1.54) is 12.3 Å². The summed E-state index contributed by atoms with van der Waals surface area (Å²) in [6.07, 6.45) is 3.02. The van der Waals surface area contributed by atoms with Crippen LogP contribution in [0.3, 0.4) is 0 Å². The monoisotopic (exact) mass is 202 g/mol. The highest BCUT2D eigenvalue weighted by atomic mass is 32.2. The second-order valence-corrected chi connectivity index (χ2v) is 4.13. The first-order valence-corrected chi connectivity index (χ1v) is 5.56. The molecule has 0 amide bonds. The van der Waals surface area contributed by atoms with Gasteiger partial charge in [0, 0.05) is 47.3 Å². The number of halogens is 1. The molecule has 0 aliphatic carbocycles. The third-order valence-electron chi connectivity index (χ3n) is 1.45. The first kappa shape index (κ1) is 10.1. The second kappa shape index (κ2) is 4.91. The fraction of sp³-hybridized carbons (Fsp3) is 0.375. The van der Waals surface area contributed by atoms with Crippen molar-refractivity contribution in [2.75, 3.05) is 23.9 Å². The van der Waals surface area contributed by atoms with Crippen molar-refractivity contribution in [3.05, 3.63) is 24.3 Å². The second-order valence-electron chi connectivity index (χ2n) is 2.57. The molecule has 0 aliphatic heterocycles. The molecule has 1 N–H and O–H groups in total. The lowest BCUT2D eigenvalue weighted by molar-refractivity contribution is 0.584. The van der Waals surface area contributed by atoms with E-state index in [0.717, 1.165) is 0 Å². The molecule has 0 aliphatic rings. The minimum absolute atomic E-state index is 0.511. The van der Waals surface area contributed by atoms with Gasteiger partial charge in [-0.1, -0.05) is 0 Å². The average molecular weight is 202 g/mol. The van der Waals surface area contributed by atoms with Gasteiger partial charge in [-0.15, -0.1) is 0 Å². The Balaban J connectivity index is 2.41. The summed E-state index contributed by atoms with van der Waals surface area (Å²) in [4.78, 5) is 3.42. The fourth-order valence-electron chi connectivity index (χ4n) is 0.852. The molecule has 0 saturated heterocycles. The Labute approximate surface area is 78.8 Å². The van der Waals surface area contributed by atoms with Crippen LogP contribution in [-0.2, 0) is 10.8 Å². The zero-order valence-corrected chi connectivity index (χ0v) is 8.10. The van der Waals surface area contributed by atoms with Crippen molar-refractivity contribution >= 4 is 16.5 Å². The summed E-state index contributed by atoms with van der Waals surface area (Å²) in [7, 11) is -0.816. The molecule has 1 aromatic heterocycles. The molecule has 13 heavy (non-hydrogen) atoms. The number of nitrogens with one attached hydrogen (secondary N) is 1. The Morgan fingerprint density at radius 2 is 2.46 bits per heavy atom. The molecule has 5 heteroatoms. The molecular formula is C8H11FN2OS. The van der Waals surface area contributed by atoms with Crippen molar-refractivity contribution < 1.29 is 8.60 Å². The van der Waals surface area contributed by atoms with E-state index < -0.39 is 16.7 Å². The standard InChI is InChI=1S/C8H11FN2OS/c1-13(12)5-4-10-7-2-3-11-8(9)6-7/h2-3,6H,4-5H2,1H3,(H,10,11). The topological polar surface area (TPSA) is 42.0 Å². The van der Waals surface area contributed by atoms with Crippen LogP contribution in [0.15, 0.2) is 18.3 Å². The lowest BCUT2D eigenvalue weighted by atomic mass is 10.4. The predicted molar refractivity (Wildman–Crippen MR) is 51.6 cm³/mol. The summed E-state index contributed by atoms with van der Waals surface area (Å²) in [5.74, 6) is 0.0480. The molecule has 0 aromatic carbocycles. The van der Waals surface area contributed by atoms with Crippen LogP contribution >= 0.6 is 0 Å². The van der Waals surface area contributed by atoms with Crippen molar-refractivity contribution in [3.8, 4) is 0 Å². The third kappa shape index (κ3) is 3.98. The molecule has 1 rings (SSSR count). The van der Waals surface area contributed by atoms with Crippen molar-refractivity contribution in [1.82, 2.24) is 4.98 Å². The molecule has 0 fully saturated rings. The number of hydrogen-bond donors (Lipinski definition) is 1. The quantitative estimate of drug-likeness (QED) is 0.741. The van der Waals surface area contributed by atoms with Gasteiger partial charge in [-0.3, -0.25) is 4.21 Å². The summed E-state index contributed by atoms with van der Waals surface area (Å²) in [5, 5.41) is 2.94. The Kier molecular flexibility index (Phi) is 3.82. The maximum Gasteiger partial charge on any atom is 0.214 e. The minimum Gasteiger partial charge on any atom is -0.384 e. The molecule has 0 bridgehead atoms. The number of rotatable bonds is 4. The number of nitrogens with zero attached hydrogens (tertiary/aromatic N) is 1. The molecular weight excluding hydrogens is 191 g/mol. The van der Waals surface area contributed by atoms with Crippen LogP contribution in [0, 0.1) is 5.95 Å². The largest absolute Gasteiger partial charge is 0.384 e. The van der Waals surface area contributed by atoms with Crippen LogP contribution in [0.25, 0.3) is 0 Å². The van der Waals surface area contributed by atoms with Gasteiger partial charge in [-0.25, -0.2) is 4.98 Å². The van der Waals surface area contributed by atoms with Crippen LogP contribution < -0.4 is 5.32 Å². The Bertz CT molecular complexity index is 306. The highest BCUT2D eigenvalue weighted by molar-refractivity contribution is 7.84. The summed E-state index contributed by atoms with van der Waals surface area (Å²) < 4.78 is 23.2. The maximum atomic E-state index is 12.5. The van der Waals surface area contributed by atoms with Gasteiger partial charge in [-0.2, -0.15) is 4.39 Å². The van der Waals surface area contributed by atoms with Crippen LogP contribution in [0.1, 0.15) is 0 Å². The maximum absolute atomic E-state index is 12.5. The molecule has 1 aromatic rings. The van der Waals surface area contributed by atoms with Crippen LogP contribution in [0.2, 0.25) is 0 Å². The number of pyridine rings is 1. The average Bonchev–Trinajstić information content (AvgIpc) is 2.03. The fourth-order valence-corrected chi connectivity index (χ4v) is 1.24. The zero-order chi connectivity index (χ0) is 9.68. The smallest absolute Gasteiger partial charge is 0.214 e. The van der Waals surface area contributed by atoms with Crippen molar-refractivity contribution in [1.29, 1.82) is 0 Å². The van der Waals surface area contributed by atoms with Crippen LogP contribution in [0.4, 0.5) is 10.1 Å². The normalized spacial score (nSPS) is 12.5. The summed E-state index contributed by atoms with van der Waals surface area (Å²) in [6.45, 7) is 0.576. The van der Waals surface area contributed by atoms with E-state index in [-0.39, 0.29) is 0 Å². The van der Waals surface area contributed by atoms with Crippen LogP contribution in [-0.4, -0.2) is 27.7 Å². The first-order valence-electron chi connectivity index (χ1n) is 3.84. The minimum atomic E-state index is -0.816. The lowest BCUT2D eigenvalue weighted by Gasteiger charge is -2.03. The van der Waals surface area contributed by atoms with E-state index >= 15 is 0 Å². The van der Waals surface area contributed by atoms with E-state index in [9.17, 15) is 8.60 Å². The van der Waals surface area contributed by atoms with E-state index in [1.807, 2.05) is 0 Å². The molecule has 0 spiro atoms. The van der Waals surface area contributed by atoms with Gasteiger partial charge in [0.25, 0.3) is 0 Å². The van der Waals surface area contributed by atoms with Gasteiger partial charge in [-0.05, 0) is 6.07 Å². The van der Waals surface area contributed by atoms with Crippen molar-refractivity contribution in [2.24, 2.45) is 0 Å². The third-order valence-corrected chi connectivity index (χ3v) is 2.22. The van der Waals surface area contributed by atoms with E-state index in [2.05, 4.69) is 10.3 Å². The summed E-state index contributed by atoms with van der Waals surface area (Å²) >= 11 is 0. The van der Waals surface area contributed by atoms with Gasteiger partial charge in [0.1, 0.15) is 0 Å². The Hall–Kier alpha value is -0.970. The van der Waals surface area contributed by atoms with E-state index in [0.29, 0.717) is 18.0 Å². The van der Waals surface area contributed by atoms with Gasteiger partial charge in [0.05, 0.1) is 0 Å². The van der Waals surface area contributed by atoms with Gasteiger partial charge >= 0.3 is 0 Å². The summed E-state index contributed by atoms with van der Waals surface area (Å²) in [6, 6.07) is 2.97. The SMILES string of the molecule is CS(=O)CCNc1ccnc(F)c1. The Morgan fingerprint density at radius 1 is 1.69 bits per heavy atom. The van der Waals surface area contributed by atoms with Gasteiger partial charge in [0.2, 0.25) is 5.95 Å². The molecule has 0 radical (unpaired) electrons. The highest BCUT2D eigenvalue weighted by Crippen LogP contribution is 2.05. The van der Waals surface area contributed by atoms with E-state index in [1.54, 1.807) is 12.3 Å². The molecule has 72 valence electrons. The predicted octanol–water partition coefficient (Wildman–Crippen LogP) is 1.01. The molecule has 1 heterocycles. The van der Waals surface area contributed by atoms with E-state index in [4.69, 9.17) is 0 Å². The molecule has 0 saturated carbocycles. The Morgan fingerprint density at radius 3 is 3.08 bits per heavy atom. The van der Waals surface area contributed by atoms with Gasteiger partial charge in [0.15, 0.2) is 0 Å². The zero-order valence-electron chi connectivity index (χ0n) is 7.29. The first-order chi connectivity index (χ1) is 6.18. The highest BCUT2D eigenvalue weighted by Gasteiger charge is 1.95. The van der Waals surface area contributed by atoms with Crippen molar-refractivity contribution in [2.45, 2.75) is 0 Å². The van der Waals surface area contributed by atoms with Gasteiger partial charge < -0.3 is 5.32 Å². The molecule has 1 atom stereocenters. The van der Waals surface area contributed by atoms with Crippen molar-refractivity contribution in [3.63, 3.8) is 0 Å². The number of hydrogen-bond acceptors (Lipinski definition) is 3. The molecule has 3 nitrogen and oxygen atoms in total. The lowest BCUT2D eigenvalue weighted by Crippen LogP contribution is -2.09. The number of aromatic nitrogens is 1. The molecule has 1 unspecified atom stereocenters.